The van der Waals surface area contributed by atoms with Crippen molar-refractivity contribution in [2.75, 3.05) is 0 Å². The Morgan fingerprint density at radius 1 is 0.304 bits per heavy atom. The Balaban J connectivity index is 0.751. The van der Waals surface area contributed by atoms with Crippen LogP contribution in [-0.4, -0.2) is 50.3 Å². The smallest absolute Gasteiger partial charge is 0.182 e. The third-order valence-corrected chi connectivity index (χ3v) is 18.0. The van der Waals surface area contributed by atoms with Gasteiger partial charge in [-0.05, 0) is 59.2 Å². The van der Waals surface area contributed by atoms with Gasteiger partial charge in [-0.3, -0.25) is 0 Å². The molecule has 16 aromatic rings. The maximum Gasteiger partial charge on any atom is 0.182 e. The van der Waals surface area contributed by atoms with Gasteiger partial charge >= 0.3 is 0 Å². The minimum atomic E-state index is -0.230. The van der Waals surface area contributed by atoms with E-state index in [1.165, 1.54) is 20.2 Å². The highest BCUT2D eigenvalue weighted by atomic mass is 32.1. The molecule has 92 heavy (non-hydrogen) atoms. The monoisotopic (exact) mass is 1200 g/mol. The van der Waals surface area contributed by atoms with Crippen LogP contribution in [0.2, 0.25) is 0 Å². The maximum absolute atomic E-state index is 5.29. The standard InChI is InChI=1S/C80H51N11S/c1-6-22-51(23-7-1)73-81-65(48-67(83-73)79-87-75(53-26-10-3-11-27-53)85-76(88-79)54-28-12-4-13-29-54)58-32-20-33-59(46-58)91-69-38-18-16-34-60(69)61-45-44-57(47-70(61)91)50-40-42-56(43-41-50)78-86-77(55-30-14-5-15-31-55)89-80(90-78)68-49-66(82-74(84-68)52-24-8-2-9-25-52)64-37-21-36-63-62-35-17-19-39-71(62)92-72(63)64/h1-49,66H,(H,82,84). The van der Waals surface area contributed by atoms with E-state index < -0.39 is 0 Å². The van der Waals surface area contributed by atoms with Gasteiger partial charge in [0.15, 0.2) is 40.8 Å². The molecule has 0 radical (unpaired) electrons. The van der Waals surface area contributed by atoms with Gasteiger partial charge in [0.2, 0.25) is 0 Å². The van der Waals surface area contributed by atoms with E-state index in [2.05, 4.69) is 162 Å². The third-order valence-electron chi connectivity index (χ3n) is 16.8. The van der Waals surface area contributed by atoms with Gasteiger partial charge in [0.1, 0.15) is 17.2 Å². The summed E-state index contributed by atoms with van der Waals surface area (Å²) < 4.78 is 4.83. The second-order valence-corrected chi connectivity index (χ2v) is 23.6. The van der Waals surface area contributed by atoms with Crippen LogP contribution in [0.25, 0.3) is 144 Å². The fraction of sp³-hybridized carbons (Fsp3) is 0.0125. The zero-order valence-corrected chi connectivity index (χ0v) is 50.1. The zero-order chi connectivity index (χ0) is 60.9. The van der Waals surface area contributed by atoms with Crippen LogP contribution >= 0.6 is 11.3 Å². The highest BCUT2D eigenvalue weighted by molar-refractivity contribution is 7.26. The number of aliphatic imine (C=N–C) groups is 1. The highest BCUT2D eigenvalue weighted by Gasteiger charge is 2.26. The molecule has 0 fully saturated rings. The van der Waals surface area contributed by atoms with Crippen LogP contribution in [0.4, 0.5) is 0 Å². The number of para-hydroxylation sites is 1. The van der Waals surface area contributed by atoms with Crippen molar-refractivity contribution in [2.24, 2.45) is 4.99 Å². The quantitative estimate of drug-likeness (QED) is 0.127. The van der Waals surface area contributed by atoms with E-state index in [1.807, 2.05) is 157 Å². The van der Waals surface area contributed by atoms with Crippen molar-refractivity contribution in [3.8, 4) is 96.5 Å². The van der Waals surface area contributed by atoms with Crippen LogP contribution in [0.15, 0.2) is 302 Å². The van der Waals surface area contributed by atoms with Crippen molar-refractivity contribution >= 4 is 64.8 Å². The van der Waals surface area contributed by atoms with Crippen LogP contribution < -0.4 is 5.32 Å². The molecule has 432 valence electrons. The Hall–Kier alpha value is -12.3. The molecular weight excluding hydrogens is 1150 g/mol. The summed E-state index contributed by atoms with van der Waals surface area (Å²) in [5.74, 6) is 4.45. The normalized spacial score (nSPS) is 13.1. The summed E-state index contributed by atoms with van der Waals surface area (Å²) in [5, 5.41) is 8.57. The van der Waals surface area contributed by atoms with Crippen molar-refractivity contribution < 1.29 is 0 Å². The Morgan fingerprint density at radius 3 is 1.41 bits per heavy atom. The molecule has 11 aromatic carbocycles. The zero-order valence-electron chi connectivity index (χ0n) is 49.2. The van der Waals surface area contributed by atoms with E-state index in [-0.39, 0.29) is 6.04 Å². The summed E-state index contributed by atoms with van der Waals surface area (Å²) in [6.45, 7) is 0. The first-order valence-electron chi connectivity index (χ1n) is 30.5. The largest absolute Gasteiger partial charge is 0.359 e. The lowest BCUT2D eigenvalue weighted by Gasteiger charge is -2.24. The first-order chi connectivity index (χ1) is 45.5. The molecule has 0 saturated heterocycles. The second kappa shape index (κ2) is 23.0. The van der Waals surface area contributed by atoms with Crippen LogP contribution in [-0.2, 0) is 0 Å². The number of fused-ring (bicyclic) bond motifs is 6. The number of hydrogen-bond acceptors (Lipinski definition) is 11. The van der Waals surface area contributed by atoms with Gasteiger partial charge < -0.3 is 9.88 Å². The van der Waals surface area contributed by atoms with Crippen molar-refractivity contribution in [3.63, 3.8) is 0 Å². The summed E-state index contributed by atoms with van der Waals surface area (Å²) >= 11 is 1.81. The second-order valence-electron chi connectivity index (χ2n) is 22.6. The molecule has 0 aliphatic carbocycles. The molecule has 11 nitrogen and oxygen atoms in total. The molecule has 17 rings (SSSR count). The molecular formula is C80H51N11S. The number of hydrogen-bond donors (Lipinski definition) is 1. The summed E-state index contributed by atoms with van der Waals surface area (Å²) in [4.78, 5) is 46.5. The topological polar surface area (TPSA) is 132 Å². The average Bonchev–Trinajstić information content (AvgIpc) is 2.92. The first kappa shape index (κ1) is 53.9. The number of aromatic nitrogens is 9. The van der Waals surface area contributed by atoms with E-state index in [4.69, 9.17) is 44.9 Å². The summed E-state index contributed by atoms with van der Waals surface area (Å²) in [7, 11) is 0. The van der Waals surface area contributed by atoms with E-state index in [0.29, 0.717) is 52.2 Å². The predicted octanol–water partition coefficient (Wildman–Crippen LogP) is 18.8. The molecule has 0 bridgehead atoms. The Bertz CT molecular complexity index is 5480. The molecule has 0 amide bonds. The van der Waals surface area contributed by atoms with Crippen LogP contribution in [0.3, 0.4) is 0 Å². The van der Waals surface area contributed by atoms with Crippen LogP contribution in [0.5, 0.6) is 0 Å². The van der Waals surface area contributed by atoms with Crippen LogP contribution in [0, 0.1) is 0 Å². The molecule has 1 N–H and O–H groups in total. The van der Waals surface area contributed by atoms with Gasteiger partial charge in [0, 0.05) is 75.6 Å². The lowest BCUT2D eigenvalue weighted by molar-refractivity contribution is 0.785. The molecule has 1 unspecified atom stereocenters. The number of nitrogens with zero attached hydrogens (tertiary/aromatic N) is 10. The molecule has 1 atom stereocenters. The van der Waals surface area contributed by atoms with Gasteiger partial charge in [-0.2, -0.15) is 0 Å². The molecule has 0 saturated carbocycles. The third kappa shape index (κ3) is 10.1. The molecule has 1 aliphatic heterocycles. The number of nitrogens with one attached hydrogen (secondary N) is 1. The van der Waals surface area contributed by atoms with Crippen LogP contribution in [0.1, 0.15) is 23.0 Å². The lowest BCUT2D eigenvalue weighted by Crippen LogP contribution is -2.31. The fourth-order valence-electron chi connectivity index (χ4n) is 12.3. The Morgan fingerprint density at radius 2 is 0.772 bits per heavy atom. The lowest BCUT2D eigenvalue weighted by atomic mass is 10.00. The SMILES string of the molecule is C1=C(c2nc(-c3ccccc3)nc(-c3ccc(-c4ccc5c6ccccc6n(-c6cccc(-c7cc(-c8nc(-c9ccccc9)nc(-c9ccccc9)n8)nc(-c8ccccc8)n7)c6)c5c4)cc3)n2)N=C(c2ccccc2)NC1c1cccc2c1sc1ccccc12. The molecule has 6 heterocycles. The first-order valence-corrected chi connectivity index (χ1v) is 31.3. The maximum atomic E-state index is 5.29. The van der Waals surface area contributed by atoms with Gasteiger partial charge in [-0.15, -0.1) is 11.3 Å². The minimum Gasteiger partial charge on any atom is -0.359 e. The van der Waals surface area contributed by atoms with Crippen molar-refractivity contribution in [1.82, 2.24) is 49.8 Å². The molecule has 12 heteroatoms. The van der Waals surface area contributed by atoms with Crippen molar-refractivity contribution in [2.45, 2.75) is 6.04 Å². The molecule has 0 spiro atoms. The minimum absolute atomic E-state index is 0.230. The summed E-state index contributed by atoms with van der Waals surface area (Å²) in [6, 6.07) is 99.8. The van der Waals surface area contributed by atoms with Crippen molar-refractivity contribution in [3.05, 3.63) is 314 Å². The van der Waals surface area contributed by atoms with Gasteiger partial charge in [-0.1, -0.05) is 255 Å². The Kier molecular flexibility index (Phi) is 13.5. The van der Waals surface area contributed by atoms with E-state index in [0.717, 1.165) is 94.7 Å². The van der Waals surface area contributed by atoms with Gasteiger partial charge in [-0.25, -0.2) is 44.9 Å². The fourth-order valence-corrected chi connectivity index (χ4v) is 13.6. The highest BCUT2D eigenvalue weighted by Crippen LogP contribution is 2.41. The van der Waals surface area contributed by atoms with E-state index >= 15 is 0 Å². The molecule has 1 aliphatic rings. The number of benzene rings is 11. The van der Waals surface area contributed by atoms with Gasteiger partial charge in [0.05, 0.1) is 22.8 Å². The number of thiophene rings is 1. The number of rotatable bonds is 12. The average molecular weight is 1200 g/mol. The predicted molar refractivity (Wildman–Crippen MR) is 373 cm³/mol. The van der Waals surface area contributed by atoms with Gasteiger partial charge in [0.25, 0.3) is 0 Å². The molecule has 5 aromatic heterocycles. The Labute approximate surface area is 533 Å². The van der Waals surface area contributed by atoms with E-state index in [9.17, 15) is 0 Å². The number of amidine groups is 1. The summed E-state index contributed by atoms with van der Waals surface area (Å²) in [5.41, 5.74) is 14.6. The van der Waals surface area contributed by atoms with Crippen molar-refractivity contribution in [1.29, 1.82) is 0 Å². The summed E-state index contributed by atoms with van der Waals surface area (Å²) in [6.07, 6.45) is 2.16. The van der Waals surface area contributed by atoms with E-state index in [1.54, 1.807) is 0 Å².